The van der Waals surface area contributed by atoms with Gasteiger partial charge in [0, 0.05) is 36.0 Å². The van der Waals surface area contributed by atoms with Crippen LogP contribution in [0, 0.1) is 0 Å². The lowest BCUT2D eigenvalue weighted by Gasteiger charge is -2.45. The molecule has 9 aromatic rings. The van der Waals surface area contributed by atoms with Crippen LogP contribution in [0.1, 0.15) is 22.3 Å². The lowest BCUT2D eigenvalue weighted by Crippen LogP contribution is -2.36. The molecular formula is C49H31NS2. The monoisotopic (exact) mass is 697 g/mol. The predicted octanol–water partition coefficient (Wildman–Crippen LogP) is 13.4. The molecule has 0 radical (unpaired) electrons. The minimum atomic E-state index is -0.454. The van der Waals surface area contributed by atoms with E-state index in [0.29, 0.717) is 0 Å². The fourth-order valence-electron chi connectivity index (χ4n) is 8.66. The molecule has 0 fully saturated rings. The average molecular weight is 698 g/mol. The second-order valence-corrected chi connectivity index (χ2v) is 15.8. The lowest BCUT2D eigenvalue weighted by molar-refractivity contribution is 0.667. The zero-order valence-electron chi connectivity index (χ0n) is 28.2. The number of aromatic nitrogens is 1. The Balaban J connectivity index is 1.14. The second kappa shape index (κ2) is 11.6. The third kappa shape index (κ3) is 4.33. The number of para-hydroxylation sites is 2. The van der Waals surface area contributed by atoms with Gasteiger partial charge in [0.15, 0.2) is 0 Å². The van der Waals surface area contributed by atoms with Crippen LogP contribution in [0.5, 0.6) is 0 Å². The first-order chi connectivity index (χ1) is 25.8. The van der Waals surface area contributed by atoms with Crippen LogP contribution in [0.3, 0.4) is 0 Å². The van der Waals surface area contributed by atoms with Gasteiger partial charge in [-0.3, -0.25) is 0 Å². The van der Waals surface area contributed by atoms with E-state index in [1.807, 2.05) is 23.5 Å². The Kier molecular flexibility index (Phi) is 6.70. The molecule has 1 atom stereocenters. The SMILES string of the molecule is c1ccc(-c2ccc3c(c2)C2(c4ccccc4Sc4cc(-c5ccc6c(c5)c5ccccc5n6-c5ccccc5)ccc42)c2ccccc2S3)cc1. The van der Waals surface area contributed by atoms with Crippen LogP contribution in [-0.4, -0.2) is 4.57 Å². The van der Waals surface area contributed by atoms with Crippen molar-refractivity contribution in [2.45, 2.75) is 25.0 Å². The first kappa shape index (κ1) is 29.9. The molecule has 11 rings (SSSR count). The van der Waals surface area contributed by atoms with Crippen LogP contribution >= 0.6 is 23.5 Å². The highest BCUT2D eigenvalue weighted by atomic mass is 32.2. The number of fused-ring (bicyclic) bond motifs is 11. The van der Waals surface area contributed by atoms with E-state index in [4.69, 9.17) is 0 Å². The van der Waals surface area contributed by atoms with Crippen molar-refractivity contribution in [1.82, 2.24) is 4.57 Å². The van der Waals surface area contributed by atoms with E-state index in [1.165, 1.54) is 91.6 Å². The highest BCUT2D eigenvalue weighted by Gasteiger charge is 2.48. The summed E-state index contributed by atoms with van der Waals surface area (Å²) in [4.78, 5) is 5.25. The Labute approximate surface area is 311 Å². The molecule has 3 heteroatoms. The molecule has 0 saturated heterocycles. The molecule has 52 heavy (non-hydrogen) atoms. The van der Waals surface area contributed by atoms with Gasteiger partial charge in [0.25, 0.3) is 0 Å². The molecule has 1 nitrogen and oxygen atoms in total. The number of nitrogens with zero attached hydrogens (tertiary/aromatic N) is 1. The van der Waals surface area contributed by atoms with Gasteiger partial charge >= 0.3 is 0 Å². The average Bonchev–Trinajstić information content (AvgIpc) is 3.55. The zero-order chi connectivity index (χ0) is 34.2. The van der Waals surface area contributed by atoms with Crippen LogP contribution in [0.2, 0.25) is 0 Å². The summed E-state index contributed by atoms with van der Waals surface area (Å²) >= 11 is 3.80. The Morgan fingerprint density at radius 2 is 0.865 bits per heavy atom. The number of hydrogen-bond donors (Lipinski definition) is 0. The number of hydrogen-bond acceptors (Lipinski definition) is 2. The molecule has 8 aromatic carbocycles. The summed E-state index contributed by atoms with van der Waals surface area (Å²) in [6.07, 6.45) is 0. The molecule has 1 unspecified atom stereocenters. The van der Waals surface area contributed by atoms with Gasteiger partial charge < -0.3 is 4.57 Å². The van der Waals surface area contributed by atoms with Crippen LogP contribution in [0.25, 0.3) is 49.7 Å². The summed E-state index contributed by atoms with van der Waals surface area (Å²) in [5.41, 5.74) is 13.5. The molecule has 0 amide bonds. The minimum absolute atomic E-state index is 0.454. The molecule has 0 aliphatic carbocycles. The normalized spacial score (nSPS) is 15.6. The molecule has 2 aliphatic heterocycles. The molecule has 0 bridgehead atoms. The van der Waals surface area contributed by atoms with Gasteiger partial charge in [0.1, 0.15) is 0 Å². The van der Waals surface area contributed by atoms with E-state index < -0.39 is 5.41 Å². The maximum absolute atomic E-state index is 2.47. The number of benzene rings is 8. The van der Waals surface area contributed by atoms with Crippen molar-refractivity contribution in [1.29, 1.82) is 0 Å². The van der Waals surface area contributed by atoms with Crippen LogP contribution in [0.4, 0.5) is 0 Å². The first-order valence-corrected chi connectivity index (χ1v) is 19.4. The quantitative estimate of drug-likeness (QED) is 0.181. The predicted molar refractivity (Wildman–Crippen MR) is 218 cm³/mol. The smallest absolute Gasteiger partial charge is 0.0745 e. The molecular weight excluding hydrogens is 667 g/mol. The minimum Gasteiger partial charge on any atom is -0.309 e. The van der Waals surface area contributed by atoms with E-state index in [0.717, 1.165) is 0 Å². The molecule has 0 saturated carbocycles. The Morgan fingerprint density at radius 1 is 0.327 bits per heavy atom. The van der Waals surface area contributed by atoms with E-state index >= 15 is 0 Å². The number of rotatable bonds is 3. The summed E-state index contributed by atoms with van der Waals surface area (Å²) in [7, 11) is 0. The van der Waals surface area contributed by atoms with Crippen molar-refractivity contribution in [3.63, 3.8) is 0 Å². The maximum Gasteiger partial charge on any atom is 0.0745 e. The summed E-state index contributed by atoms with van der Waals surface area (Å²) in [6.45, 7) is 0. The van der Waals surface area contributed by atoms with Gasteiger partial charge in [0.05, 0.1) is 16.4 Å². The third-order valence-corrected chi connectivity index (χ3v) is 13.2. The first-order valence-electron chi connectivity index (χ1n) is 17.8. The molecule has 244 valence electrons. The lowest BCUT2D eigenvalue weighted by atomic mass is 9.64. The summed E-state index contributed by atoms with van der Waals surface area (Å²) in [5, 5.41) is 2.54. The van der Waals surface area contributed by atoms with Gasteiger partial charge in [-0.2, -0.15) is 0 Å². The second-order valence-electron chi connectivity index (χ2n) is 13.7. The topological polar surface area (TPSA) is 4.93 Å². The fourth-order valence-corrected chi connectivity index (χ4v) is 11.1. The van der Waals surface area contributed by atoms with Gasteiger partial charge in [-0.25, -0.2) is 0 Å². The molecule has 3 heterocycles. The fraction of sp³-hybridized carbons (Fsp3) is 0.0204. The van der Waals surface area contributed by atoms with Crippen molar-refractivity contribution in [2.24, 2.45) is 0 Å². The van der Waals surface area contributed by atoms with Crippen LogP contribution < -0.4 is 0 Å². The molecule has 1 aromatic heterocycles. The summed E-state index contributed by atoms with van der Waals surface area (Å²) < 4.78 is 2.39. The van der Waals surface area contributed by atoms with E-state index in [1.54, 1.807) is 0 Å². The summed E-state index contributed by atoms with van der Waals surface area (Å²) in [6, 6.07) is 69.7. The van der Waals surface area contributed by atoms with Gasteiger partial charge in [-0.1, -0.05) is 151 Å². The van der Waals surface area contributed by atoms with Crippen LogP contribution in [-0.2, 0) is 5.41 Å². The zero-order valence-corrected chi connectivity index (χ0v) is 29.8. The largest absolute Gasteiger partial charge is 0.309 e. The van der Waals surface area contributed by atoms with Crippen molar-refractivity contribution >= 4 is 45.3 Å². The van der Waals surface area contributed by atoms with E-state index in [9.17, 15) is 0 Å². The third-order valence-electron chi connectivity index (χ3n) is 10.9. The van der Waals surface area contributed by atoms with E-state index in [2.05, 4.69) is 193 Å². The Hall–Kier alpha value is -5.74. The van der Waals surface area contributed by atoms with Crippen molar-refractivity contribution < 1.29 is 0 Å². The highest BCUT2D eigenvalue weighted by molar-refractivity contribution is 8.00. The van der Waals surface area contributed by atoms with Gasteiger partial charge in [-0.05, 0) is 105 Å². The maximum atomic E-state index is 2.47. The van der Waals surface area contributed by atoms with Crippen LogP contribution in [0.15, 0.2) is 208 Å². The Morgan fingerprint density at radius 3 is 1.65 bits per heavy atom. The highest BCUT2D eigenvalue weighted by Crippen LogP contribution is 2.62. The summed E-state index contributed by atoms with van der Waals surface area (Å²) in [5.74, 6) is 0. The molecule has 2 aliphatic rings. The standard InChI is InChI=1S/C49H31NS2/c1-3-13-32(14-4-1)34-25-28-47-42(30-34)49(39-18-8-11-21-45(39)51-47)40-19-9-12-22-46(40)52-48-31-35(23-26-41(48)49)33-24-27-44-38(29-33)37-17-7-10-20-43(37)50(44)36-15-5-2-6-16-36/h1-31H. The van der Waals surface area contributed by atoms with Crippen molar-refractivity contribution in [3.05, 3.63) is 210 Å². The molecule has 0 N–H and O–H groups in total. The van der Waals surface area contributed by atoms with Crippen molar-refractivity contribution in [2.75, 3.05) is 0 Å². The van der Waals surface area contributed by atoms with Gasteiger partial charge in [-0.15, -0.1) is 0 Å². The van der Waals surface area contributed by atoms with E-state index in [-0.39, 0.29) is 0 Å². The Bertz CT molecular complexity index is 2840. The van der Waals surface area contributed by atoms with Crippen molar-refractivity contribution in [3.8, 4) is 27.9 Å². The van der Waals surface area contributed by atoms with Gasteiger partial charge in [0.2, 0.25) is 0 Å². The molecule has 1 spiro atoms.